The zero-order chi connectivity index (χ0) is 20.5. The van der Waals surface area contributed by atoms with Crippen molar-refractivity contribution >= 4 is 16.8 Å². The van der Waals surface area contributed by atoms with Crippen molar-refractivity contribution < 1.29 is 22.7 Å². The number of rotatable bonds is 4. The quantitative estimate of drug-likeness (QED) is 0.862. The molecule has 0 saturated carbocycles. The molecule has 0 atom stereocenters. The van der Waals surface area contributed by atoms with Crippen molar-refractivity contribution in [3.05, 3.63) is 40.2 Å². The first kappa shape index (κ1) is 20.2. The van der Waals surface area contributed by atoms with Gasteiger partial charge in [-0.1, -0.05) is 13.0 Å². The Morgan fingerprint density at radius 3 is 2.61 bits per heavy atom. The summed E-state index contributed by atoms with van der Waals surface area (Å²) in [5, 5.41) is -0.0261. The molecule has 2 aromatic rings. The Bertz CT molecular complexity index is 918. The highest BCUT2D eigenvalue weighted by Gasteiger charge is 2.32. The number of carbonyl (C=O) groups is 1. The van der Waals surface area contributed by atoms with Crippen LogP contribution in [0.25, 0.3) is 10.9 Å². The molecule has 0 bridgehead atoms. The van der Waals surface area contributed by atoms with Gasteiger partial charge in [0.25, 0.3) is 5.91 Å². The van der Waals surface area contributed by atoms with Crippen molar-refractivity contribution in [3.8, 4) is 5.75 Å². The standard InChI is InChI=1S/C19H22F3N3O3/c1-3-25-9-7-12(8-10-25)24(2)18(27)14-11-23-16-13(17(14)26)5-4-6-15(16)28-19(20,21)22/h4-6,11-12H,3,7-10H2,1-2H3,(H,23,26). The summed E-state index contributed by atoms with van der Waals surface area (Å²) in [4.78, 5) is 32.1. The maximum atomic E-state index is 12.9. The summed E-state index contributed by atoms with van der Waals surface area (Å²) in [6.45, 7) is 4.80. The molecule has 1 aliphatic heterocycles. The number of aromatic amines is 1. The summed E-state index contributed by atoms with van der Waals surface area (Å²) in [5.41, 5.74) is -0.818. The van der Waals surface area contributed by atoms with Crippen LogP contribution in [0.4, 0.5) is 13.2 Å². The fraction of sp³-hybridized carbons (Fsp3) is 0.474. The zero-order valence-corrected chi connectivity index (χ0v) is 15.7. The summed E-state index contributed by atoms with van der Waals surface area (Å²) >= 11 is 0. The minimum atomic E-state index is -4.88. The summed E-state index contributed by atoms with van der Waals surface area (Å²) in [5.74, 6) is -0.957. The van der Waals surface area contributed by atoms with E-state index in [1.54, 1.807) is 11.9 Å². The van der Waals surface area contributed by atoms with Gasteiger partial charge in [-0.15, -0.1) is 13.2 Å². The molecule has 2 heterocycles. The minimum Gasteiger partial charge on any atom is -0.404 e. The molecular weight excluding hydrogens is 375 g/mol. The van der Waals surface area contributed by atoms with Crippen molar-refractivity contribution in [2.75, 3.05) is 26.7 Å². The largest absolute Gasteiger partial charge is 0.573 e. The predicted octanol–water partition coefficient (Wildman–Crippen LogP) is 2.98. The molecule has 0 aliphatic carbocycles. The molecule has 0 radical (unpaired) electrons. The number of piperidine rings is 1. The number of para-hydroxylation sites is 1. The number of benzene rings is 1. The fourth-order valence-electron chi connectivity index (χ4n) is 3.57. The number of nitrogens with one attached hydrogen (secondary N) is 1. The average Bonchev–Trinajstić information content (AvgIpc) is 2.66. The molecular formula is C19H22F3N3O3. The number of fused-ring (bicyclic) bond motifs is 1. The summed E-state index contributed by atoms with van der Waals surface area (Å²) < 4.78 is 41.7. The van der Waals surface area contributed by atoms with Gasteiger partial charge in [-0.25, -0.2) is 0 Å². The van der Waals surface area contributed by atoms with Crippen LogP contribution in [-0.4, -0.2) is 59.8 Å². The van der Waals surface area contributed by atoms with Gasteiger partial charge in [-0.2, -0.15) is 0 Å². The van der Waals surface area contributed by atoms with Gasteiger partial charge in [0, 0.05) is 32.4 Å². The number of H-pyrrole nitrogens is 1. The van der Waals surface area contributed by atoms with Gasteiger partial charge in [0.15, 0.2) is 5.75 Å². The molecule has 6 nitrogen and oxygen atoms in total. The zero-order valence-electron chi connectivity index (χ0n) is 15.7. The molecule has 0 spiro atoms. The van der Waals surface area contributed by atoms with Crippen LogP contribution in [0.15, 0.2) is 29.2 Å². The first-order valence-electron chi connectivity index (χ1n) is 9.11. The Morgan fingerprint density at radius 2 is 2.00 bits per heavy atom. The molecule has 1 fully saturated rings. The van der Waals surface area contributed by atoms with Crippen LogP contribution in [0.1, 0.15) is 30.1 Å². The Morgan fingerprint density at radius 1 is 1.32 bits per heavy atom. The van der Waals surface area contributed by atoms with Crippen LogP contribution >= 0.6 is 0 Å². The van der Waals surface area contributed by atoms with E-state index in [9.17, 15) is 22.8 Å². The number of pyridine rings is 1. The van der Waals surface area contributed by atoms with Gasteiger partial charge in [-0.3, -0.25) is 9.59 Å². The predicted molar refractivity (Wildman–Crippen MR) is 98.5 cm³/mol. The molecule has 152 valence electrons. The van der Waals surface area contributed by atoms with E-state index in [0.717, 1.165) is 44.7 Å². The van der Waals surface area contributed by atoms with E-state index in [-0.39, 0.29) is 22.5 Å². The molecule has 3 rings (SSSR count). The van der Waals surface area contributed by atoms with Crippen LogP contribution in [0.5, 0.6) is 5.75 Å². The van der Waals surface area contributed by atoms with E-state index >= 15 is 0 Å². The first-order valence-corrected chi connectivity index (χ1v) is 9.11. The highest BCUT2D eigenvalue weighted by molar-refractivity contribution is 5.98. The van der Waals surface area contributed by atoms with E-state index in [4.69, 9.17) is 0 Å². The Kier molecular flexibility index (Phi) is 5.64. The number of amides is 1. The molecule has 1 N–H and O–H groups in total. The molecule has 1 amide bonds. The second-order valence-corrected chi connectivity index (χ2v) is 6.84. The molecule has 1 aromatic carbocycles. The maximum absolute atomic E-state index is 12.9. The van der Waals surface area contributed by atoms with Crippen LogP contribution in [-0.2, 0) is 0 Å². The lowest BCUT2D eigenvalue weighted by molar-refractivity contribution is -0.274. The van der Waals surface area contributed by atoms with Gasteiger partial charge >= 0.3 is 6.36 Å². The molecule has 28 heavy (non-hydrogen) atoms. The van der Waals surface area contributed by atoms with Crippen LogP contribution in [0.3, 0.4) is 0 Å². The number of ether oxygens (including phenoxy) is 1. The fourth-order valence-corrected chi connectivity index (χ4v) is 3.57. The third-order valence-corrected chi connectivity index (χ3v) is 5.20. The van der Waals surface area contributed by atoms with Crippen molar-refractivity contribution in [3.63, 3.8) is 0 Å². The van der Waals surface area contributed by atoms with Crippen molar-refractivity contribution in [1.29, 1.82) is 0 Å². The van der Waals surface area contributed by atoms with Crippen LogP contribution in [0, 0.1) is 0 Å². The van der Waals surface area contributed by atoms with Gasteiger partial charge < -0.3 is 19.5 Å². The summed E-state index contributed by atoms with van der Waals surface area (Å²) in [6.07, 6.45) is -2.10. The van der Waals surface area contributed by atoms with Gasteiger partial charge in [-0.05, 0) is 31.5 Å². The third kappa shape index (κ3) is 4.14. The highest BCUT2D eigenvalue weighted by atomic mass is 19.4. The monoisotopic (exact) mass is 397 g/mol. The van der Waals surface area contributed by atoms with Crippen molar-refractivity contribution in [1.82, 2.24) is 14.8 Å². The van der Waals surface area contributed by atoms with E-state index in [2.05, 4.69) is 21.5 Å². The summed E-state index contributed by atoms with van der Waals surface area (Å²) in [7, 11) is 1.65. The van der Waals surface area contributed by atoms with Crippen LogP contribution in [0.2, 0.25) is 0 Å². The lowest BCUT2D eigenvalue weighted by Gasteiger charge is -2.36. The summed E-state index contributed by atoms with van der Waals surface area (Å²) in [6, 6.07) is 3.79. The van der Waals surface area contributed by atoms with Gasteiger partial charge in [0.05, 0.1) is 10.9 Å². The van der Waals surface area contributed by atoms with Crippen LogP contribution < -0.4 is 10.2 Å². The number of hydrogen-bond donors (Lipinski definition) is 1. The van der Waals surface area contributed by atoms with Crippen molar-refractivity contribution in [2.24, 2.45) is 0 Å². The number of nitrogens with zero attached hydrogens (tertiary/aromatic N) is 2. The van der Waals surface area contributed by atoms with E-state index in [1.807, 2.05) is 0 Å². The Hall–Kier alpha value is -2.55. The third-order valence-electron chi connectivity index (χ3n) is 5.20. The Balaban J connectivity index is 1.88. The molecule has 0 unspecified atom stereocenters. The Labute approximate surface area is 159 Å². The SMILES string of the molecule is CCN1CCC(N(C)C(=O)c2c[nH]c3c(OC(F)(F)F)cccc3c2=O)CC1. The first-order chi connectivity index (χ1) is 13.2. The molecule has 1 saturated heterocycles. The second kappa shape index (κ2) is 7.83. The number of hydrogen-bond acceptors (Lipinski definition) is 4. The smallest absolute Gasteiger partial charge is 0.404 e. The normalized spacial score (nSPS) is 16.3. The van der Waals surface area contributed by atoms with Gasteiger partial charge in [0.1, 0.15) is 5.56 Å². The number of alkyl halides is 3. The van der Waals surface area contributed by atoms with Gasteiger partial charge in [0.2, 0.25) is 5.43 Å². The second-order valence-electron chi connectivity index (χ2n) is 6.84. The maximum Gasteiger partial charge on any atom is 0.573 e. The number of aromatic nitrogens is 1. The molecule has 1 aliphatic rings. The molecule has 1 aromatic heterocycles. The topological polar surface area (TPSA) is 65.6 Å². The van der Waals surface area contributed by atoms with Crippen molar-refractivity contribution in [2.45, 2.75) is 32.2 Å². The number of halogens is 3. The minimum absolute atomic E-state index is 0.0188. The van der Waals surface area contributed by atoms with E-state index in [1.165, 1.54) is 12.1 Å². The lowest BCUT2D eigenvalue weighted by Crippen LogP contribution is -2.46. The number of carbonyl (C=O) groups excluding carboxylic acids is 1. The lowest BCUT2D eigenvalue weighted by atomic mass is 10.0. The number of likely N-dealkylation sites (tertiary alicyclic amines) is 1. The highest BCUT2D eigenvalue weighted by Crippen LogP contribution is 2.28. The molecule has 9 heteroatoms. The van der Waals surface area contributed by atoms with E-state index in [0.29, 0.717) is 0 Å². The van der Waals surface area contributed by atoms with E-state index < -0.39 is 23.4 Å². The average molecular weight is 397 g/mol.